The Balaban J connectivity index is 1.21. The topological polar surface area (TPSA) is 191 Å². The second kappa shape index (κ2) is 19.0. The highest BCUT2D eigenvalue weighted by Crippen LogP contribution is 2.34. The Hall–Kier alpha value is -4.77. The molecule has 0 aliphatic heterocycles. The minimum absolute atomic E-state index is 0.00537. The molecule has 0 bridgehead atoms. The molecular formula is C36H40FN7O7S3. The smallest absolute Gasteiger partial charge is 0.355 e. The minimum Gasteiger partial charge on any atom is -0.491 e. The molecule has 2 aromatic carbocycles. The third kappa shape index (κ3) is 11.6. The SMILES string of the molecule is Cc1cc(N(CCCCO)c2nc(C(=O)O)c(CCCOc3ccc(C#CCN(C)CCCS(=O)(=O)O)cc3F)s2)nnc1Nc1nc2ccccc2s1. The molecule has 54 heavy (non-hydrogen) atoms. The zero-order chi connectivity index (χ0) is 38.7. The molecule has 286 valence electrons. The van der Waals surface area contributed by atoms with Gasteiger partial charge >= 0.3 is 5.97 Å². The maximum absolute atomic E-state index is 14.8. The van der Waals surface area contributed by atoms with Crippen molar-refractivity contribution in [1.29, 1.82) is 0 Å². The lowest BCUT2D eigenvalue weighted by Crippen LogP contribution is -2.22. The van der Waals surface area contributed by atoms with E-state index in [0.29, 0.717) is 77.7 Å². The number of hydrogen-bond donors (Lipinski definition) is 4. The fraction of sp³-hybridized carbons (Fsp3) is 0.361. The standard InChI is InChI=1S/C36H40FN7O7S3/c1-24-22-31(41-42-33(24)40-35-38-27-11-3-4-12-29(27)52-35)44(18-5-6-19-45)36-39-32(34(46)47)30(53-36)13-8-20-51-28-15-14-25(23-26(28)37)10-7-16-43(2)17-9-21-54(48,49)50/h3-4,11-12,14-15,22-23,45H,5-6,8-9,13,16-21H2,1-2H3,(H,46,47)(H,38,40,42)(H,48,49,50). The first-order valence-corrected chi connectivity index (χ1v) is 20.3. The predicted octanol–water partition coefficient (Wildman–Crippen LogP) is 5.92. The van der Waals surface area contributed by atoms with Gasteiger partial charge < -0.3 is 25.2 Å². The van der Waals surface area contributed by atoms with Crippen LogP contribution in [0.3, 0.4) is 0 Å². The summed E-state index contributed by atoms with van der Waals surface area (Å²) in [6, 6.07) is 14.0. The number of nitrogens with one attached hydrogen (secondary N) is 1. The van der Waals surface area contributed by atoms with Crippen LogP contribution in [0.4, 0.5) is 26.3 Å². The van der Waals surface area contributed by atoms with Gasteiger partial charge in [0, 0.05) is 23.6 Å². The molecule has 14 nitrogen and oxygen atoms in total. The van der Waals surface area contributed by atoms with Gasteiger partial charge in [0.15, 0.2) is 39.2 Å². The van der Waals surface area contributed by atoms with Crippen molar-refractivity contribution >= 4 is 70.9 Å². The number of nitrogens with zero attached hydrogens (tertiary/aromatic N) is 6. The molecule has 5 aromatic rings. The monoisotopic (exact) mass is 797 g/mol. The average molecular weight is 798 g/mol. The molecule has 0 atom stereocenters. The Labute approximate surface area is 320 Å². The number of aromatic carboxylic acids is 1. The summed E-state index contributed by atoms with van der Waals surface area (Å²) in [7, 11) is -2.25. The van der Waals surface area contributed by atoms with Crippen LogP contribution < -0.4 is 15.0 Å². The number of unbranched alkanes of at least 4 members (excludes halogenated alkanes) is 1. The Morgan fingerprint density at radius 2 is 1.85 bits per heavy atom. The number of halogens is 1. The van der Waals surface area contributed by atoms with Crippen molar-refractivity contribution in [3.63, 3.8) is 0 Å². The molecule has 0 amide bonds. The summed E-state index contributed by atoms with van der Waals surface area (Å²) < 4.78 is 52.1. The first-order valence-electron chi connectivity index (χ1n) is 17.0. The summed E-state index contributed by atoms with van der Waals surface area (Å²) in [6.45, 7) is 3.18. The number of aryl methyl sites for hydroxylation is 2. The van der Waals surface area contributed by atoms with E-state index in [0.717, 1.165) is 15.8 Å². The van der Waals surface area contributed by atoms with Crippen LogP contribution in [-0.4, -0.2) is 99.9 Å². The van der Waals surface area contributed by atoms with Gasteiger partial charge in [-0.25, -0.2) is 19.2 Å². The van der Waals surface area contributed by atoms with E-state index >= 15 is 0 Å². The van der Waals surface area contributed by atoms with Crippen LogP contribution in [0.2, 0.25) is 0 Å². The molecule has 0 saturated carbocycles. The van der Waals surface area contributed by atoms with Crippen molar-refractivity contribution in [2.45, 2.75) is 39.0 Å². The van der Waals surface area contributed by atoms with Crippen molar-refractivity contribution in [2.24, 2.45) is 0 Å². The maximum atomic E-state index is 14.8. The Bertz CT molecular complexity index is 2210. The third-order valence-corrected chi connectivity index (χ3v) is 10.8. The molecule has 0 aliphatic carbocycles. The lowest BCUT2D eigenvalue weighted by molar-refractivity contribution is 0.0690. The number of hydrogen-bond acceptors (Lipinski definition) is 14. The molecule has 0 fully saturated rings. The summed E-state index contributed by atoms with van der Waals surface area (Å²) in [5, 5.41) is 32.6. The van der Waals surface area contributed by atoms with Gasteiger partial charge in [-0.1, -0.05) is 35.3 Å². The minimum atomic E-state index is -4.01. The van der Waals surface area contributed by atoms with Crippen molar-refractivity contribution < 1.29 is 37.1 Å². The fourth-order valence-corrected chi connectivity index (χ4v) is 7.70. The van der Waals surface area contributed by atoms with E-state index in [9.17, 15) is 27.8 Å². The number of aliphatic hydroxyl groups is 1. The van der Waals surface area contributed by atoms with E-state index in [1.165, 1.54) is 34.8 Å². The normalized spacial score (nSPS) is 11.4. The average Bonchev–Trinajstić information content (AvgIpc) is 3.74. The number of ether oxygens (including phenoxy) is 1. The van der Waals surface area contributed by atoms with E-state index in [4.69, 9.17) is 9.29 Å². The van der Waals surface area contributed by atoms with Crippen LogP contribution in [0, 0.1) is 24.6 Å². The molecular weight excluding hydrogens is 758 g/mol. The number of thiazole rings is 2. The highest BCUT2D eigenvalue weighted by atomic mass is 32.2. The number of anilines is 4. The predicted molar refractivity (Wildman–Crippen MR) is 208 cm³/mol. The first-order chi connectivity index (χ1) is 25.9. The number of benzene rings is 2. The Kier molecular flexibility index (Phi) is 14.2. The van der Waals surface area contributed by atoms with Crippen molar-refractivity contribution in [2.75, 3.05) is 55.9 Å². The van der Waals surface area contributed by atoms with E-state index in [-0.39, 0.29) is 36.8 Å². The molecule has 0 unspecified atom stereocenters. The van der Waals surface area contributed by atoms with Crippen LogP contribution in [0.5, 0.6) is 5.75 Å². The molecule has 0 radical (unpaired) electrons. The second-order valence-electron chi connectivity index (χ2n) is 12.3. The molecule has 3 aromatic heterocycles. The number of fused-ring (bicyclic) bond motifs is 1. The lowest BCUT2D eigenvalue weighted by atomic mass is 10.2. The number of para-hydroxylation sites is 1. The van der Waals surface area contributed by atoms with Crippen LogP contribution >= 0.6 is 22.7 Å². The summed E-state index contributed by atoms with van der Waals surface area (Å²) in [5.41, 5.74) is 2.03. The number of carboxylic acids is 1. The molecule has 0 spiro atoms. The van der Waals surface area contributed by atoms with Gasteiger partial charge in [-0.3, -0.25) is 9.45 Å². The quantitative estimate of drug-likeness (QED) is 0.0438. The van der Waals surface area contributed by atoms with Crippen LogP contribution in [-0.2, 0) is 16.5 Å². The van der Waals surface area contributed by atoms with E-state index in [1.54, 1.807) is 22.9 Å². The Morgan fingerprint density at radius 1 is 1.04 bits per heavy atom. The van der Waals surface area contributed by atoms with Crippen molar-refractivity contribution in [1.82, 2.24) is 25.1 Å². The molecule has 0 aliphatic rings. The highest BCUT2D eigenvalue weighted by molar-refractivity contribution is 7.85. The lowest BCUT2D eigenvalue weighted by Gasteiger charge is -2.21. The zero-order valence-corrected chi connectivity index (χ0v) is 32.1. The van der Waals surface area contributed by atoms with Gasteiger partial charge in [-0.15, -0.1) is 21.5 Å². The largest absolute Gasteiger partial charge is 0.491 e. The molecule has 4 N–H and O–H groups in total. The summed E-state index contributed by atoms with van der Waals surface area (Å²) in [5.74, 6) is 4.74. The van der Waals surface area contributed by atoms with E-state index < -0.39 is 21.9 Å². The van der Waals surface area contributed by atoms with Crippen LogP contribution in [0.1, 0.15) is 52.2 Å². The van der Waals surface area contributed by atoms with Gasteiger partial charge in [0.25, 0.3) is 10.1 Å². The van der Waals surface area contributed by atoms with E-state index in [1.807, 2.05) is 37.3 Å². The molecule has 0 saturated heterocycles. The van der Waals surface area contributed by atoms with Crippen LogP contribution in [0.15, 0.2) is 48.5 Å². The van der Waals surface area contributed by atoms with Gasteiger partial charge in [0.05, 0.1) is 29.1 Å². The third-order valence-electron chi connectivity index (χ3n) is 7.94. The zero-order valence-electron chi connectivity index (χ0n) is 29.7. The van der Waals surface area contributed by atoms with Crippen LogP contribution in [0.25, 0.3) is 10.2 Å². The molecule has 3 heterocycles. The maximum Gasteiger partial charge on any atom is 0.355 e. The summed E-state index contributed by atoms with van der Waals surface area (Å²) in [4.78, 5) is 25.4. The number of carboxylic acid groups (broad SMARTS) is 1. The van der Waals surface area contributed by atoms with Gasteiger partial charge in [-0.2, -0.15) is 8.42 Å². The number of carbonyl (C=O) groups is 1. The number of rotatable bonds is 19. The van der Waals surface area contributed by atoms with Gasteiger partial charge in [-0.05, 0) is 94.6 Å². The summed E-state index contributed by atoms with van der Waals surface area (Å²) in [6.07, 6.45) is 2.11. The van der Waals surface area contributed by atoms with Crippen molar-refractivity contribution in [3.8, 4) is 17.6 Å². The number of aliphatic hydroxyl groups excluding tert-OH is 1. The Morgan fingerprint density at radius 3 is 2.57 bits per heavy atom. The summed E-state index contributed by atoms with van der Waals surface area (Å²) >= 11 is 2.73. The van der Waals surface area contributed by atoms with Gasteiger partial charge in [0.1, 0.15) is 0 Å². The molecule has 5 rings (SSSR count). The number of aromatic nitrogens is 4. The van der Waals surface area contributed by atoms with Crippen molar-refractivity contribution in [3.05, 3.63) is 76.0 Å². The first kappa shape index (κ1) is 40.4. The van der Waals surface area contributed by atoms with Gasteiger partial charge in [0.2, 0.25) is 0 Å². The fourth-order valence-electron chi connectivity index (χ4n) is 5.22. The second-order valence-corrected chi connectivity index (χ2v) is 15.9. The molecule has 18 heteroatoms. The highest BCUT2D eigenvalue weighted by Gasteiger charge is 2.23. The van der Waals surface area contributed by atoms with E-state index in [2.05, 4.69) is 37.3 Å².